The van der Waals surface area contributed by atoms with Crippen molar-refractivity contribution in [2.24, 2.45) is 0 Å². The van der Waals surface area contributed by atoms with Crippen LogP contribution in [0.15, 0.2) is 40.9 Å². The summed E-state index contributed by atoms with van der Waals surface area (Å²) in [6.07, 6.45) is 0. The number of halogens is 2. The van der Waals surface area contributed by atoms with Crippen molar-refractivity contribution in [1.29, 1.82) is 5.26 Å². The summed E-state index contributed by atoms with van der Waals surface area (Å²) in [4.78, 5) is 12.2. The minimum atomic E-state index is -0.659. The third-order valence-electron chi connectivity index (χ3n) is 2.74. The van der Waals surface area contributed by atoms with Crippen molar-refractivity contribution >= 4 is 27.5 Å². The second-order valence-corrected chi connectivity index (χ2v) is 5.07. The number of aryl methyl sites for hydroxylation is 1. The monoisotopic (exact) mass is 332 g/mol. The molecule has 0 bridgehead atoms. The number of amides is 1. The van der Waals surface area contributed by atoms with Crippen molar-refractivity contribution in [3.8, 4) is 6.07 Å². The van der Waals surface area contributed by atoms with Gasteiger partial charge in [0.1, 0.15) is 17.4 Å². The minimum absolute atomic E-state index is 0.157. The molecule has 0 heterocycles. The topological polar surface area (TPSA) is 52.9 Å². The summed E-state index contributed by atoms with van der Waals surface area (Å²) in [5.74, 6) is -1.06. The number of benzene rings is 2. The number of carbonyl (C=O) groups excluding carboxylic acids is 1. The summed E-state index contributed by atoms with van der Waals surface area (Å²) in [5, 5.41) is 11.5. The molecule has 0 spiro atoms. The van der Waals surface area contributed by atoms with E-state index >= 15 is 0 Å². The summed E-state index contributed by atoms with van der Waals surface area (Å²) < 4.78 is 14.1. The molecule has 3 nitrogen and oxygen atoms in total. The second-order valence-electron chi connectivity index (χ2n) is 4.21. The number of carbonyl (C=O) groups is 1. The van der Waals surface area contributed by atoms with Crippen molar-refractivity contribution in [3.05, 3.63) is 63.4 Å². The predicted octanol–water partition coefficient (Wildman–Crippen LogP) is 4.02. The lowest BCUT2D eigenvalue weighted by Gasteiger charge is -2.09. The van der Waals surface area contributed by atoms with Crippen molar-refractivity contribution < 1.29 is 9.18 Å². The van der Waals surface area contributed by atoms with Gasteiger partial charge in [0.15, 0.2) is 0 Å². The first-order valence-corrected chi connectivity index (χ1v) is 6.58. The molecule has 2 aromatic carbocycles. The number of hydrogen-bond donors (Lipinski definition) is 1. The Morgan fingerprint density at radius 2 is 2.10 bits per heavy atom. The van der Waals surface area contributed by atoms with E-state index in [0.29, 0.717) is 10.0 Å². The van der Waals surface area contributed by atoms with Gasteiger partial charge in [0.25, 0.3) is 5.91 Å². The first kappa shape index (κ1) is 14.2. The van der Waals surface area contributed by atoms with Crippen LogP contribution in [0.5, 0.6) is 0 Å². The zero-order chi connectivity index (χ0) is 14.7. The number of rotatable bonds is 2. The summed E-state index contributed by atoms with van der Waals surface area (Å²) in [6, 6.07) is 11.1. The summed E-state index contributed by atoms with van der Waals surface area (Å²) in [7, 11) is 0. The minimum Gasteiger partial charge on any atom is -0.321 e. The van der Waals surface area contributed by atoms with Crippen LogP contribution in [0, 0.1) is 24.1 Å². The Balaban J connectivity index is 2.33. The molecule has 0 aliphatic heterocycles. The average Bonchev–Trinajstić information content (AvgIpc) is 2.38. The number of nitriles is 1. The van der Waals surface area contributed by atoms with E-state index in [1.54, 1.807) is 18.2 Å². The maximum atomic E-state index is 13.5. The third kappa shape index (κ3) is 2.86. The summed E-state index contributed by atoms with van der Waals surface area (Å²) in [5.41, 5.74) is 1.41. The van der Waals surface area contributed by atoms with Gasteiger partial charge >= 0.3 is 0 Å². The van der Waals surface area contributed by atoms with Crippen molar-refractivity contribution in [3.63, 3.8) is 0 Å². The van der Waals surface area contributed by atoms with Gasteiger partial charge in [0.2, 0.25) is 0 Å². The van der Waals surface area contributed by atoms with Gasteiger partial charge < -0.3 is 5.32 Å². The molecule has 0 aliphatic carbocycles. The molecular weight excluding hydrogens is 323 g/mol. The molecule has 20 heavy (non-hydrogen) atoms. The Labute approximate surface area is 124 Å². The van der Waals surface area contributed by atoms with Crippen molar-refractivity contribution in [1.82, 2.24) is 0 Å². The largest absolute Gasteiger partial charge is 0.321 e. The molecule has 0 aromatic heterocycles. The normalized spacial score (nSPS) is 9.90. The van der Waals surface area contributed by atoms with Gasteiger partial charge in [0, 0.05) is 4.47 Å². The van der Waals surface area contributed by atoms with Crippen molar-refractivity contribution in [2.45, 2.75) is 6.92 Å². The Morgan fingerprint density at radius 1 is 1.35 bits per heavy atom. The van der Waals surface area contributed by atoms with E-state index in [1.165, 1.54) is 18.2 Å². The van der Waals surface area contributed by atoms with E-state index in [4.69, 9.17) is 5.26 Å². The van der Waals surface area contributed by atoms with E-state index in [-0.39, 0.29) is 11.3 Å². The molecule has 1 amide bonds. The van der Waals surface area contributed by atoms with Gasteiger partial charge in [-0.15, -0.1) is 0 Å². The molecule has 0 unspecified atom stereocenters. The molecule has 0 radical (unpaired) electrons. The highest BCUT2D eigenvalue weighted by Gasteiger charge is 2.14. The predicted molar refractivity (Wildman–Crippen MR) is 77.9 cm³/mol. The van der Waals surface area contributed by atoms with E-state index in [0.717, 1.165) is 5.56 Å². The average molecular weight is 333 g/mol. The van der Waals surface area contributed by atoms with Crippen LogP contribution < -0.4 is 5.32 Å². The Bertz CT molecular complexity index is 722. The molecular formula is C15H10BrFN2O. The molecule has 2 aromatic rings. The van der Waals surface area contributed by atoms with Crippen LogP contribution in [0.25, 0.3) is 0 Å². The molecule has 0 atom stereocenters. The Kier molecular flexibility index (Phi) is 4.16. The number of hydrogen-bond acceptors (Lipinski definition) is 2. The van der Waals surface area contributed by atoms with Gasteiger partial charge in [0.05, 0.1) is 11.3 Å². The van der Waals surface area contributed by atoms with Gasteiger partial charge in [-0.3, -0.25) is 4.79 Å². The fraction of sp³-hybridized carbons (Fsp3) is 0.0667. The Hall–Kier alpha value is -2.19. The van der Waals surface area contributed by atoms with E-state index in [9.17, 15) is 9.18 Å². The highest BCUT2D eigenvalue weighted by molar-refractivity contribution is 9.10. The van der Waals surface area contributed by atoms with Crippen LogP contribution >= 0.6 is 15.9 Å². The van der Waals surface area contributed by atoms with E-state index in [1.807, 2.05) is 13.0 Å². The third-order valence-corrected chi connectivity index (χ3v) is 3.40. The lowest BCUT2D eigenvalue weighted by Crippen LogP contribution is -2.14. The zero-order valence-electron chi connectivity index (χ0n) is 10.6. The fourth-order valence-corrected chi connectivity index (χ4v) is 2.41. The van der Waals surface area contributed by atoms with Crippen LogP contribution in [0.3, 0.4) is 0 Å². The highest BCUT2D eigenvalue weighted by Crippen LogP contribution is 2.22. The van der Waals surface area contributed by atoms with E-state index < -0.39 is 11.7 Å². The van der Waals surface area contributed by atoms with Crippen LogP contribution in [0.4, 0.5) is 10.1 Å². The first-order chi connectivity index (χ1) is 9.52. The second kappa shape index (κ2) is 5.85. The molecule has 0 saturated heterocycles. The highest BCUT2D eigenvalue weighted by atomic mass is 79.9. The lowest BCUT2D eigenvalue weighted by atomic mass is 10.1. The fourth-order valence-electron chi connectivity index (χ4n) is 1.74. The van der Waals surface area contributed by atoms with Gasteiger partial charge in [-0.05, 0) is 52.7 Å². The number of nitrogens with zero attached hydrogens (tertiary/aromatic N) is 1. The SMILES string of the molecule is Cc1ccc(C(=O)Nc2cccc(F)c2C#N)c(Br)c1. The summed E-state index contributed by atoms with van der Waals surface area (Å²) >= 11 is 3.31. The van der Waals surface area contributed by atoms with Crippen LogP contribution in [-0.4, -0.2) is 5.91 Å². The molecule has 0 fully saturated rings. The standard InChI is InChI=1S/C15H10BrFN2O/c1-9-5-6-10(12(16)7-9)15(20)19-14-4-2-3-13(17)11(14)8-18/h2-7H,1H3,(H,19,20). The molecule has 1 N–H and O–H groups in total. The molecule has 100 valence electrons. The van der Waals surface area contributed by atoms with Crippen LogP contribution in [0.1, 0.15) is 21.5 Å². The summed E-state index contributed by atoms with van der Waals surface area (Å²) in [6.45, 7) is 1.91. The smallest absolute Gasteiger partial charge is 0.256 e. The first-order valence-electron chi connectivity index (χ1n) is 5.79. The van der Waals surface area contributed by atoms with Gasteiger partial charge in [-0.25, -0.2) is 4.39 Å². The molecule has 5 heteroatoms. The molecule has 0 saturated carbocycles. The maximum Gasteiger partial charge on any atom is 0.256 e. The quantitative estimate of drug-likeness (QED) is 0.902. The van der Waals surface area contributed by atoms with Crippen LogP contribution in [-0.2, 0) is 0 Å². The zero-order valence-corrected chi connectivity index (χ0v) is 12.2. The number of anilines is 1. The van der Waals surface area contributed by atoms with Gasteiger partial charge in [-0.1, -0.05) is 12.1 Å². The van der Waals surface area contributed by atoms with Crippen LogP contribution in [0.2, 0.25) is 0 Å². The maximum absolute atomic E-state index is 13.5. The van der Waals surface area contributed by atoms with E-state index in [2.05, 4.69) is 21.2 Å². The van der Waals surface area contributed by atoms with Crippen molar-refractivity contribution in [2.75, 3.05) is 5.32 Å². The van der Waals surface area contributed by atoms with Gasteiger partial charge in [-0.2, -0.15) is 5.26 Å². The molecule has 0 aliphatic rings. The lowest BCUT2D eigenvalue weighted by molar-refractivity contribution is 0.102. The number of nitrogens with one attached hydrogen (secondary N) is 1. The molecule has 2 rings (SSSR count). The Morgan fingerprint density at radius 3 is 2.75 bits per heavy atom.